The molecule has 0 radical (unpaired) electrons. The van der Waals surface area contributed by atoms with Gasteiger partial charge in [0.2, 0.25) is 0 Å². The molecule has 6 nitrogen and oxygen atoms in total. The van der Waals surface area contributed by atoms with Crippen LogP contribution in [0.1, 0.15) is 220 Å². The minimum absolute atomic E-state index is 0.116. The molecule has 0 unspecified atom stereocenters. The normalized spacial score (nSPS) is 13.1. The molecule has 0 aliphatic carbocycles. The first-order valence-electron chi connectivity index (χ1n) is 26.5. The zero-order valence-electron chi connectivity index (χ0n) is 42.4. The molecule has 0 N–H and O–H groups in total. The van der Waals surface area contributed by atoms with Crippen molar-refractivity contribution >= 4 is 17.9 Å². The van der Waals surface area contributed by atoms with E-state index >= 15 is 0 Å². The average Bonchev–Trinajstić information content (AvgIpc) is 3.31. The van der Waals surface area contributed by atoms with Gasteiger partial charge in [-0.05, 0) is 122 Å². The highest BCUT2D eigenvalue weighted by atomic mass is 16.6. The third-order valence-corrected chi connectivity index (χ3v) is 10.7. The molecule has 0 fully saturated rings. The minimum atomic E-state index is -0.822. The summed E-state index contributed by atoms with van der Waals surface area (Å²) in [6.07, 6.45) is 73.2. The van der Waals surface area contributed by atoms with Crippen LogP contribution in [0, 0.1) is 0 Å². The van der Waals surface area contributed by atoms with E-state index in [0.29, 0.717) is 12.8 Å². The van der Waals surface area contributed by atoms with Crippen molar-refractivity contribution in [1.29, 1.82) is 0 Å². The lowest BCUT2D eigenvalue weighted by molar-refractivity contribution is -0.167. The fourth-order valence-corrected chi connectivity index (χ4v) is 6.68. The first kappa shape index (κ1) is 61.8. The Labute approximate surface area is 405 Å². The van der Waals surface area contributed by atoms with Gasteiger partial charge in [0.25, 0.3) is 0 Å². The van der Waals surface area contributed by atoms with Crippen LogP contribution in [0.5, 0.6) is 0 Å². The third-order valence-electron chi connectivity index (χ3n) is 10.7. The van der Waals surface area contributed by atoms with Crippen LogP contribution < -0.4 is 0 Å². The summed E-state index contributed by atoms with van der Waals surface area (Å²) in [5.41, 5.74) is 0. The lowest BCUT2D eigenvalue weighted by atomic mass is 10.1. The Hall–Kier alpha value is -4.19. The Morgan fingerprint density at radius 3 is 1.03 bits per heavy atom. The highest BCUT2D eigenvalue weighted by Crippen LogP contribution is 2.12. The van der Waals surface area contributed by atoms with E-state index in [-0.39, 0.29) is 44.0 Å². The van der Waals surface area contributed by atoms with Gasteiger partial charge in [-0.2, -0.15) is 0 Å². The van der Waals surface area contributed by atoms with Crippen molar-refractivity contribution in [3.63, 3.8) is 0 Å². The largest absolute Gasteiger partial charge is 0.462 e. The molecule has 0 aliphatic heterocycles. The van der Waals surface area contributed by atoms with Crippen LogP contribution in [-0.2, 0) is 28.6 Å². The Morgan fingerprint density at radius 2 is 0.621 bits per heavy atom. The summed E-state index contributed by atoms with van der Waals surface area (Å²) >= 11 is 0. The summed E-state index contributed by atoms with van der Waals surface area (Å²) in [4.78, 5) is 38.0. The molecule has 0 heterocycles. The van der Waals surface area contributed by atoms with Crippen molar-refractivity contribution in [3.05, 3.63) is 122 Å². The van der Waals surface area contributed by atoms with Gasteiger partial charge in [0, 0.05) is 19.3 Å². The molecule has 0 aliphatic rings. The van der Waals surface area contributed by atoms with Gasteiger partial charge < -0.3 is 14.2 Å². The second-order valence-electron chi connectivity index (χ2n) is 17.0. The molecule has 1 atom stereocenters. The van der Waals surface area contributed by atoms with E-state index in [0.717, 1.165) is 128 Å². The number of ether oxygens (including phenoxy) is 3. The topological polar surface area (TPSA) is 78.9 Å². The molecule has 0 spiro atoms. The van der Waals surface area contributed by atoms with Crippen molar-refractivity contribution in [3.8, 4) is 0 Å². The SMILES string of the molecule is CC/C=C/C/C=C/C/C=C/C/C=C/C/C=C/CCCC(=O)OC[C@@H](COC(=O)CCCCCCC/C=C/C/C=C/CCCC)OC(=O)CCCCCC/C=C/C/C=C/C/C=C/CCCCC. The highest BCUT2D eigenvalue weighted by Gasteiger charge is 2.19. The number of rotatable bonds is 46. The Morgan fingerprint density at radius 1 is 0.318 bits per heavy atom. The monoisotopic (exact) mass is 913 g/mol. The van der Waals surface area contributed by atoms with Crippen LogP contribution >= 0.6 is 0 Å². The van der Waals surface area contributed by atoms with E-state index in [1.807, 2.05) is 0 Å². The van der Waals surface area contributed by atoms with Gasteiger partial charge in [-0.15, -0.1) is 0 Å². The predicted octanol–water partition coefficient (Wildman–Crippen LogP) is 17.7. The summed E-state index contributed by atoms with van der Waals surface area (Å²) in [5.74, 6) is -1.02. The summed E-state index contributed by atoms with van der Waals surface area (Å²) in [5, 5.41) is 0. The number of hydrogen-bond acceptors (Lipinski definition) is 6. The van der Waals surface area contributed by atoms with Crippen LogP contribution in [0.15, 0.2) is 122 Å². The van der Waals surface area contributed by atoms with Gasteiger partial charge in [0.15, 0.2) is 6.10 Å². The summed E-state index contributed by atoms with van der Waals surface area (Å²) in [6.45, 7) is 6.36. The second kappa shape index (κ2) is 53.4. The molecule has 0 saturated heterocycles. The predicted molar refractivity (Wildman–Crippen MR) is 283 cm³/mol. The van der Waals surface area contributed by atoms with Crippen molar-refractivity contribution in [2.24, 2.45) is 0 Å². The molecule has 6 heteroatoms. The molecule has 372 valence electrons. The second-order valence-corrected chi connectivity index (χ2v) is 17.0. The van der Waals surface area contributed by atoms with Gasteiger partial charge in [0.05, 0.1) is 0 Å². The average molecular weight is 913 g/mol. The van der Waals surface area contributed by atoms with Crippen molar-refractivity contribution in [2.45, 2.75) is 226 Å². The van der Waals surface area contributed by atoms with Crippen molar-refractivity contribution in [2.75, 3.05) is 13.2 Å². The standard InChI is InChI=1S/C60H96O6/c1-4-7-10-13-16-19-22-25-28-30-32-35-38-41-44-47-50-53-59(62)65-56-57(55-64-58(61)52-49-46-43-40-37-34-27-24-21-18-15-12-9-6-3)66-60(63)54-51-48-45-42-39-36-33-31-29-26-23-20-17-14-11-8-5-2/h7,10,15-20,24-29,32-33,35-36,41,44,57H,4-6,8-9,11-14,21-23,30-31,34,37-40,42-43,45-56H2,1-3H3/b10-7+,18-15+,19-16+,20-17+,27-24+,28-25+,29-26+,35-32+,36-33+,44-41+/t57-/m1/s1. The van der Waals surface area contributed by atoms with Gasteiger partial charge in [-0.3, -0.25) is 14.4 Å². The quantitative estimate of drug-likeness (QED) is 0.0262. The van der Waals surface area contributed by atoms with Gasteiger partial charge in [-0.1, -0.05) is 200 Å². The minimum Gasteiger partial charge on any atom is -0.462 e. The molecule has 0 bridgehead atoms. The maximum Gasteiger partial charge on any atom is 0.306 e. The van der Waals surface area contributed by atoms with Crippen LogP contribution in [0.3, 0.4) is 0 Å². The summed E-state index contributed by atoms with van der Waals surface area (Å²) < 4.78 is 16.7. The summed E-state index contributed by atoms with van der Waals surface area (Å²) in [7, 11) is 0. The fourth-order valence-electron chi connectivity index (χ4n) is 6.68. The number of hydrogen-bond donors (Lipinski definition) is 0. The van der Waals surface area contributed by atoms with E-state index in [1.54, 1.807) is 0 Å². The van der Waals surface area contributed by atoms with Crippen LogP contribution in [0.25, 0.3) is 0 Å². The van der Waals surface area contributed by atoms with E-state index in [9.17, 15) is 14.4 Å². The van der Waals surface area contributed by atoms with E-state index in [2.05, 4.69) is 142 Å². The number of unbranched alkanes of at least 4 members (excludes halogenated alkanes) is 15. The number of esters is 3. The maximum absolute atomic E-state index is 12.8. The first-order chi connectivity index (χ1) is 32.5. The molecule has 0 rings (SSSR count). The fraction of sp³-hybridized carbons (Fsp3) is 0.617. The van der Waals surface area contributed by atoms with E-state index in [4.69, 9.17) is 14.2 Å². The Balaban J connectivity index is 4.57. The molecule has 0 aromatic rings. The van der Waals surface area contributed by atoms with Crippen LogP contribution in [-0.4, -0.2) is 37.2 Å². The molecular weight excluding hydrogens is 817 g/mol. The van der Waals surface area contributed by atoms with Gasteiger partial charge in [0.1, 0.15) is 13.2 Å². The highest BCUT2D eigenvalue weighted by molar-refractivity contribution is 5.71. The third kappa shape index (κ3) is 50.8. The molecule has 0 aromatic carbocycles. The van der Waals surface area contributed by atoms with Crippen molar-refractivity contribution < 1.29 is 28.6 Å². The van der Waals surface area contributed by atoms with E-state index in [1.165, 1.54) is 44.9 Å². The van der Waals surface area contributed by atoms with E-state index < -0.39 is 6.10 Å². The Kier molecular flexibility index (Phi) is 50.0. The Bertz CT molecular complexity index is 1420. The van der Waals surface area contributed by atoms with Gasteiger partial charge >= 0.3 is 17.9 Å². The zero-order valence-corrected chi connectivity index (χ0v) is 42.4. The summed E-state index contributed by atoms with van der Waals surface area (Å²) in [6, 6.07) is 0. The molecule has 0 saturated carbocycles. The zero-order chi connectivity index (χ0) is 47.9. The molecule has 0 amide bonds. The lowest BCUT2D eigenvalue weighted by Gasteiger charge is -2.18. The molecular formula is C60H96O6. The number of carbonyl (C=O) groups is 3. The lowest BCUT2D eigenvalue weighted by Crippen LogP contribution is -2.30. The van der Waals surface area contributed by atoms with Crippen LogP contribution in [0.2, 0.25) is 0 Å². The van der Waals surface area contributed by atoms with Gasteiger partial charge in [-0.25, -0.2) is 0 Å². The first-order valence-corrected chi connectivity index (χ1v) is 26.5. The number of carbonyl (C=O) groups excluding carboxylic acids is 3. The smallest absolute Gasteiger partial charge is 0.306 e. The molecule has 0 aromatic heterocycles. The van der Waals surface area contributed by atoms with Crippen molar-refractivity contribution in [1.82, 2.24) is 0 Å². The number of allylic oxidation sites excluding steroid dienone is 20. The van der Waals surface area contributed by atoms with Crippen LogP contribution in [0.4, 0.5) is 0 Å². The maximum atomic E-state index is 12.8. The molecule has 66 heavy (non-hydrogen) atoms.